The minimum Gasteiger partial charge on any atom is -0.400 e. The molecule has 2 rings (SSSR count). The molecule has 0 unspecified atom stereocenters. The Bertz CT molecular complexity index is 768. The average molecular weight is 327 g/mol. The van der Waals surface area contributed by atoms with E-state index in [0.717, 1.165) is 24.4 Å². The predicted molar refractivity (Wildman–Crippen MR) is 71.9 cm³/mol. The number of hydrogen-bond donors (Lipinski definition) is 1. The largest absolute Gasteiger partial charge is 0.433 e. The molecule has 1 aromatic heterocycles. The third-order valence-electron chi connectivity index (χ3n) is 2.60. The lowest BCUT2D eigenvalue weighted by Gasteiger charge is -2.07. The Labute approximate surface area is 126 Å². The number of amides is 1. The molecule has 1 heterocycles. The summed E-state index contributed by atoms with van der Waals surface area (Å²) < 4.78 is 42.4. The summed E-state index contributed by atoms with van der Waals surface area (Å²) in [6.07, 6.45) is -3.58. The molecule has 0 aliphatic carbocycles. The number of nitrogens with one attached hydrogen (secondary N) is 1. The van der Waals surface area contributed by atoms with Crippen molar-refractivity contribution in [3.63, 3.8) is 0 Å². The van der Waals surface area contributed by atoms with Gasteiger partial charge in [-0.3, -0.25) is 14.9 Å². The quantitative estimate of drug-likeness (QED) is 0.530. The number of hydrogen-bond acceptors (Lipinski definition) is 5. The molecule has 2 aromatic rings. The first-order valence-electron chi connectivity index (χ1n) is 6.02. The Balaban J connectivity index is 2.04. The van der Waals surface area contributed by atoms with Gasteiger partial charge in [0.1, 0.15) is 4.92 Å². The molecule has 1 aromatic carbocycles. The molecule has 0 atom stereocenters. The molecular weight excluding hydrogens is 319 g/mol. The summed E-state index contributed by atoms with van der Waals surface area (Å²) in [7, 11) is 0. The fourth-order valence-corrected chi connectivity index (χ4v) is 1.57. The first-order chi connectivity index (χ1) is 10.8. The van der Waals surface area contributed by atoms with Crippen LogP contribution in [0.1, 0.15) is 21.7 Å². The van der Waals surface area contributed by atoms with Crippen molar-refractivity contribution in [1.29, 1.82) is 0 Å². The second-order valence-corrected chi connectivity index (χ2v) is 4.21. The van der Waals surface area contributed by atoms with Crippen LogP contribution < -0.4 is 5.43 Å². The van der Waals surface area contributed by atoms with E-state index in [2.05, 4.69) is 5.10 Å². The van der Waals surface area contributed by atoms with Crippen LogP contribution in [0, 0.1) is 10.1 Å². The lowest BCUT2D eigenvalue weighted by atomic mass is 10.1. The average Bonchev–Trinajstić information content (AvgIpc) is 2.95. The zero-order valence-electron chi connectivity index (χ0n) is 11.2. The summed E-state index contributed by atoms with van der Waals surface area (Å²) in [6, 6.07) is 6.15. The number of benzene rings is 1. The Morgan fingerprint density at radius 3 is 2.65 bits per heavy atom. The van der Waals surface area contributed by atoms with Crippen LogP contribution in [0.4, 0.5) is 19.1 Å². The highest BCUT2D eigenvalue weighted by Crippen LogP contribution is 2.29. The van der Waals surface area contributed by atoms with Crippen LogP contribution in [0.5, 0.6) is 0 Å². The summed E-state index contributed by atoms with van der Waals surface area (Å²) >= 11 is 0. The number of carbonyl (C=O) groups excluding carboxylic acids is 1. The van der Waals surface area contributed by atoms with Crippen LogP contribution in [0.25, 0.3) is 0 Å². The number of halogens is 3. The van der Waals surface area contributed by atoms with Crippen molar-refractivity contribution in [2.45, 2.75) is 6.18 Å². The Morgan fingerprint density at radius 1 is 1.30 bits per heavy atom. The lowest BCUT2D eigenvalue weighted by molar-refractivity contribution is -0.402. The molecule has 120 valence electrons. The Hall–Kier alpha value is -3.17. The van der Waals surface area contributed by atoms with Gasteiger partial charge < -0.3 is 4.42 Å². The van der Waals surface area contributed by atoms with Crippen LogP contribution in [0.2, 0.25) is 0 Å². The fourth-order valence-electron chi connectivity index (χ4n) is 1.57. The van der Waals surface area contributed by atoms with E-state index >= 15 is 0 Å². The summed E-state index contributed by atoms with van der Waals surface area (Å²) in [5.74, 6) is -1.37. The second kappa shape index (κ2) is 6.30. The summed E-state index contributed by atoms with van der Waals surface area (Å²) in [4.78, 5) is 21.3. The summed E-state index contributed by atoms with van der Waals surface area (Å²) in [6.45, 7) is 0. The van der Waals surface area contributed by atoms with E-state index in [9.17, 15) is 28.1 Å². The van der Waals surface area contributed by atoms with E-state index in [-0.39, 0.29) is 11.3 Å². The van der Waals surface area contributed by atoms with E-state index in [1.807, 2.05) is 5.43 Å². The normalized spacial score (nSPS) is 11.6. The molecule has 10 heteroatoms. The lowest BCUT2D eigenvalue weighted by Crippen LogP contribution is -2.18. The van der Waals surface area contributed by atoms with Gasteiger partial charge in [0, 0.05) is 5.56 Å². The number of alkyl halides is 3. The van der Waals surface area contributed by atoms with Gasteiger partial charge in [-0.25, -0.2) is 5.43 Å². The first-order valence-corrected chi connectivity index (χ1v) is 6.02. The van der Waals surface area contributed by atoms with Gasteiger partial charge in [-0.15, -0.1) is 0 Å². The molecule has 0 radical (unpaired) electrons. The van der Waals surface area contributed by atoms with Gasteiger partial charge in [0.2, 0.25) is 0 Å². The highest BCUT2D eigenvalue weighted by Gasteiger charge is 2.30. The van der Waals surface area contributed by atoms with Crippen LogP contribution >= 0.6 is 0 Å². The van der Waals surface area contributed by atoms with Crippen molar-refractivity contribution in [3.05, 3.63) is 63.4 Å². The second-order valence-electron chi connectivity index (χ2n) is 4.21. The van der Waals surface area contributed by atoms with Crippen molar-refractivity contribution in [3.8, 4) is 0 Å². The first kappa shape index (κ1) is 16.2. The molecule has 0 spiro atoms. The van der Waals surface area contributed by atoms with Gasteiger partial charge in [0.25, 0.3) is 5.91 Å². The maximum absolute atomic E-state index is 12.5. The number of nitro groups is 1. The molecule has 7 nitrogen and oxygen atoms in total. The molecular formula is C13H8F3N3O4. The van der Waals surface area contributed by atoms with E-state index < -0.39 is 28.5 Å². The maximum atomic E-state index is 12.5. The predicted octanol–water partition coefficient (Wildman–Crippen LogP) is 2.97. The van der Waals surface area contributed by atoms with Gasteiger partial charge in [-0.05, 0) is 24.3 Å². The van der Waals surface area contributed by atoms with Crippen molar-refractivity contribution < 1.29 is 27.3 Å². The molecule has 0 aliphatic heterocycles. The van der Waals surface area contributed by atoms with Crippen LogP contribution in [0.15, 0.2) is 45.9 Å². The number of furan rings is 1. The van der Waals surface area contributed by atoms with Crippen molar-refractivity contribution in [2.75, 3.05) is 0 Å². The molecule has 23 heavy (non-hydrogen) atoms. The van der Waals surface area contributed by atoms with E-state index in [1.165, 1.54) is 12.1 Å². The third-order valence-corrected chi connectivity index (χ3v) is 2.60. The molecule has 0 saturated heterocycles. The molecule has 0 saturated carbocycles. The Kier molecular flexibility index (Phi) is 4.44. The number of carbonyl (C=O) groups is 1. The van der Waals surface area contributed by atoms with Crippen LogP contribution in [-0.2, 0) is 6.18 Å². The molecule has 0 fully saturated rings. The fraction of sp³-hybridized carbons (Fsp3) is 0.0769. The van der Waals surface area contributed by atoms with Gasteiger partial charge in [0.15, 0.2) is 5.76 Å². The smallest absolute Gasteiger partial charge is 0.400 e. The van der Waals surface area contributed by atoms with E-state index in [4.69, 9.17) is 4.42 Å². The highest BCUT2D eigenvalue weighted by atomic mass is 19.4. The van der Waals surface area contributed by atoms with Crippen molar-refractivity contribution in [1.82, 2.24) is 5.43 Å². The van der Waals surface area contributed by atoms with E-state index in [1.54, 1.807) is 0 Å². The summed E-state index contributed by atoms with van der Waals surface area (Å²) in [5, 5.41) is 13.9. The number of nitrogens with zero attached hydrogens (tertiary/aromatic N) is 2. The van der Waals surface area contributed by atoms with Gasteiger partial charge in [0.05, 0.1) is 17.8 Å². The SMILES string of the molecule is O=C(N/N=C/c1ccc([N+](=O)[O-])o1)c1cccc(C(F)(F)F)c1. The third kappa shape index (κ3) is 4.15. The molecule has 0 aliphatic rings. The maximum Gasteiger partial charge on any atom is 0.433 e. The van der Waals surface area contributed by atoms with Crippen molar-refractivity contribution >= 4 is 18.0 Å². The highest BCUT2D eigenvalue weighted by molar-refractivity contribution is 5.94. The minimum atomic E-state index is -4.56. The standard InChI is InChI=1S/C13H8F3N3O4/c14-13(15,16)9-3-1-2-8(6-9)12(20)18-17-7-10-4-5-11(23-10)19(21)22/h1-7H,(H,18,20)/b17-7+. The number of rotatable bonds is 4. The van der Waals surface area contributed by atoms with Crippen molar-refractivity contribution in [2.24, 2.45) is 5.10 Å². The van der Waals surface area contributed by atoms with E-state index in [0.29, 0.717) is 6.07 Å². The molecule has 1 N–H and O–H groups in total. The monoisotopic (exact) mass is 327 g/mol. The minimum absolute atomic E-state index is 0.000965. The topological polar surface area (TPSA) is 97.7 Å². The molecule has 1 amide bonds. The molecule has 0 bridgehead atoms. The zero-order valence-corrected chi connectivity index (χ0v) is 11.2. The summed E-state index contributed by atoms with van der Waals surface area (Å²) in [5.41, 5.74) is 0.802. The number of hydrazone groups is 1. The zero-order chi connectivity index (χ0) is 17.0. The van der Waals surface area contributed by atoms with Crippen LogP contribution in [-0.4, -0.2) is 17.0 Å². The van der Waals surface area contributed by atoms with Gasteiger partial charge in [-0.1, -0.05) is 6.07 Å². The van der Waals surface area contributed by atoms with Gasteiger partial charge in [-0.2, -0.15) is 18.3 Å². The Morgan fingerprint density at radius 2 is 2.04 bits per heavy atom. The van der Waals surface area contributed by atoms with Gasteiger partial charge >= 0.3 is 12.1 Å². The van der Waals surface area contributed by atoms with Crippen LogP contribution in [0.3, 0.4) is 0 Å².